The van der Waals surface area contributed by atoms with Gasteiger partial charge in [-0.25, -0.2) is 0 Å². The number of hydrogen-bond donors (Lipinski definition) is 1. The lowest BCUT2D eigenvalue weighted by atomic mass is 10.0. The number of para-hydroxylation sites is 1. The van der Waals surface area contributed by atoms with Crippen molar-refractivity contribution in [2.24, 2.45) is 0 Å². The van der Waals surface area contributed by atoms with Crippen LogP contribution < -0.4 is 15.1 Å². The molecule has 1 N–H and O–H groups in total. The lowest BCUT2D eigenvalue weighted by Crippen LogP contribution is -2.50. The van der Waals surface area contributed by atoms with E-state index in [4.69, 9.17) is 11.6 Å². The summed E-state index contributed by atoms with van der Waals surface area (Å²) in [5, 5.41) is 3.39. The summed E-state index contributed by atoms with van der Waals surface area (Å²) in [6, 6.07) is 20.0. The highest BCUT2D eigenvalue weighted by Gasteiger charge is 2.61. The predicted octanol–water partition coefficient (Wildman–Crippen LogP) is 4.87. The summed E-state index contributed by atoms with van der Waals surface area (Å²) in [6.45, 7) is 3.75. The number of amides is 3. The van der Waals surface area contributed by atoms with Crippen molar-refractivity contribution < 1.29 is 14.4 Å². The molecule has 8 heteroatoms. The lowest BCUT2D eigenvalue weighted by Gasteiger charge is -2.33. The van der Waals surface area contributed by atoms with Crippen LogP contribution in [-0.2, 0) is 19.3 Å². The maximum absolute atomic E-state index is 14.0. The SMILES string of the molecule is Cc1ccc(NC(=O)CN2C(=O)C3(SCC(=O)N3c3cccc(Cl)c3)c3ccccc32)c(C)c1. The van der Waals surface area contributed by atoms with Crippen LogP contribution in [0, 0.1) is 13.8 Å². The van der Waals surface area contributed by atoms with Crippen molar-refractivity contribution >= 4 is 58.1 Å². The number of anilines is 3. The minimum absolute atomic E-state index is 0.148. The van der Waals surface area contributed by atoms with E-state index in [2.05, 4.69) is 5.32 Å². The molecule has 2 heterocycles. The molecule has 0 aromatic heterocycles. The molecule has 34 heavy (non-hydrogen) atoms. The molecule has 3 amide bonds. The van der Waals surface area contributed by atoms with E-state index < -0.39 is 4.87 Å². The van der Waals surface area contributed by atoms with Gasteiger partial charge in [0.2, 0.25) is 16.7 Å². The lowest BCUT2D eigenvalue weighted by molar-refractivity contribution is -0.124. The molecule has 1 fully saturated rings. The smallest absolute Gasteiger partial charge is 0.269 e. The van der Waals surface area contributed by atoms with Crippen LogP contribution in [0.25, 0.3) is 0 Å². The largest absolute Gasteiger partial charge is 0.324 e. The maximum Gasteiger partial charge on any atom is 0.269 e. The van der Waals surface area contributed by atoms with Crippen LogP contribution in [0.5, 0.6) is 0 Å². The molecule has 1 atom stereocenters. The fourth-order valence-electron chi connectivity index (χ4n) is 4.61. The van der Waals surface area contributed by atoms with Gasteiger partial charge in [0, 0.05) is 22.0 Å². The highest BCUT2D eigenvalue weighted by atomic mass is 35.5. The Bertz CT molecular complexity index is 1340. The Morgan fingerprint density at radius 1 is 1.06 bits per heavy atom. The first-order chi connectivity index (χ1) is 16.3. The molecule has 1 saturated heterocycles. The number of thioether (sulfide) groups is 1. The Balaban J connectivity index is 1.51. The molecule has 3 aromatic carbocycles. The first-order valence-electron chi connectivity index (χ1n) is 10.8. The van der Waals surface area contributed by atoms with E-state index in [0.717, 1.165) is 11.1 Å². The van der Waals surface area contributed by atoms with Gasteiger partial charge in [-0.05, 0) is 49.7 Å². The maximum atomic E-state index is 14.0. The normalized spacial score (nSPS) is 19.1. The number of nitrogens with zero attached hydrogens (tertiary/aromatic N) is 2. The Morgan fingerprint density at radius 2 is 1.85 bits per heavy atom. The summed E-state index contributed by atoms with van der Waals surface area (Å²) in [5.41, 5.74) is 4.61. The molecule has 172 valence electrons. The molecule has 0 saturated carbocycles. The van der Waals surface area contributed by atoms with Gasteiger partial charge in [-0.2, -0.15) is 0 Å². The zero-order valence-corrected chi connectivity index (χ0v) is 20.2. The highest BCUT2D eigenvalue weighted by molar-refractivity contribution is 8.02. The molecule has 1 unspecified atom stereocenters. The van der Waals surface area contributed by atoms with E-state index in [1.54, 1.807) is 24.3 Å². The van der Waals surface area contributed by atoms with Gasteiger partial charge in [0.1, 0.15) is 6.54 Å². The predicted molar refractivity (Wildman–Crippen MR) is 136 cm³/mol. The van der Waals surface area contributed by atoms with Crippen molar-refractivity contribution in [1.82, 2.24) is 0 Å². The van der Waals surface area contributed by atoms with Gasteiger partial charge >= 0.3 is 0 Å². The standard InChI is InChI=1S/C26H22ClN3O3S/c1-16-10-11-21(17(2)12-16)28-23(31)14-29-22-9-4-3-8-20(22)26(25(29)33)30(24(32)15-34-26)19-7-5-6-18(27)13-19/h3-13H,14-15H2,1-2H3,(H,28,31). The molecule has 2 aliphatic rings. The van der Waals surface area contributed by atoms with Crippen LogP contribution in [0.1, 0.15) is 16.7 Å². The Kier molecular flexibility index (Phi) is 5.62. The first-order valence-corrected chi connectivity index (χ1v) is 12.2. The average Bonchev–Trinajstić information content (AvgIpc) is 3.27. The van der Waals surface area contributed by atoms with Gasteiger partial charge in [0.15, 0.2) is 0 Å². The first kappa shape index (κ1) is 22.5. The summed E-state index contributed by atoms with van der Waals surface area (Å²) >= 11 is 7.48. The Morgan fingerprint density at radius 3 is 2.62 bits per heavy atom. The molecule has 0 bridgehead atoms. The number of fused-ring (bicyclic) bond motifs is 2. The van der Waals surface area contributed by atoms with E-state index >= 15 is 0 Å². The van der Waals surface area contributed by atoms with Crippen molar-refractivity contribution in [3.63, 3.8) is 0 Å². The van der Waals surface area contributed by atoms with E-state index in [0.29, 0.717) is 27.6 Å². The second-order valence-corrected chi connectivity index (χ2v) is 10.0. The van der Waals surface area contributed by atoms with E-state index in [9.17, 15) is 14.4 Å². The van der Waals surface area contributed by atoms with Gasteiger partial charge in [0.05, 0.1) is 11.4 Å². The van der Waals surface area contributed by atoms with Gasteiger partial charge in [-0.15, -0.1) is 11.8 Å². The molecule has 1 spiro atoms. The molecule has 6 nitrogen and oxygen atoms in total. The van der Waals surface area contributed by atoms with Crippen molar-refractivity contribution in [3.8, 4) is 0 Å². The summed E-state index contributed by atoms with van der Waals surface area (Å²) in [4.78, 5) is 41.8. The second-order valence-electron chi connectivity index (χ2n) is 8.42. The minimum atomic E-state index is -1.28. The molecular weight excluding hydrogens is 470 g/mol. The van der Waals surface area contributed by atoms with E-state index in [1.165, 1.54) is 21.6 Å². The summed E-state index contributed by atoms with van der Waals surface area (Å²) in [5.74, 6) is -0.664. The summed E-state index contributed by atoms with van der Waals surface area (Å²) in [6.07, 6.45) is 0. The molecule has 0 aliphatic carbocycles. The number of aryl methyl sites for hydroxylation is 2. The number of benzene rings is 3. The van der Waals surface area contributed by atoms with Crippen molar-refractivity contribution in [1.29, 1.82) is 0 Å². The fraction of sp³-hybridized carbons (Fsp3) is 0.192. The van der Waals surface area contributed by atoms with E-state index in [-0.39, 0.29) is 30.0 Å². The Hall–Kier alpha value is -3.29. The van der Waals surface area contributed by atoms with Gasteiger partial charge in [-0.1, -0.05) is 53.6 Å². The van der Waals surface area contributed by atoms with Crippen LogP contribution in [0.15, 0.2) is 66.7 Å². The number of hydrogen-bond acceptors (Lipinski definition) is 4. The van der Waals surface area contributed by atoms with Crippen LogP contribution in [0.3, 0.4) is 0 Å². The Labute approximate surface area is 206 Å². The molecular formula is C26H22ClN3O3S. The molecule has 3 aromatic rings. The second kappa shape index (κ2) is 8.49. The third-order valence-corrected chi connectivity index (χ3v) is 7.71. The zero-order chi connectivity index (χ0) is 24.0. The van der Waals surface area contributed by atoms with Gasteiger partial charge in [-0.3, -0.25) is 24.2 Å². The molecule has 2 aliphatic heterocycles. The van der Waals surface area contributed by atoms with Crippen LogP contribution in [-0.4, -0.2) is 30.0 Å². The number of nitrogens with one attached hydrogen (secondary N) is 1. The molecule has 0 radical (unpaired) electrons. The number of halogens is 1. The number of rotatable bonds is 4. The quantitative estimate of drug-likeness (QED) is 0.565. The highest BCUT2D eigenvalue weighted by Crippen LogP contribution is 2.55. The van der Waals surface area contributed by atoms with Crippen molar-refractivity contribution in [2.75, 3.05) is 27.4 Å². The fourth-order valence-corrected chi connectivity index (χ4v) is 6.16. The number of carbonyl (C=O) groups excluding carboxylic acids is 3. The van der Waals surface area contributed by atoms with Gasteiger partial charge < -0.3 is 5.32 Å². The van der Waals surface area contributed by atoms with Crippen LogP contribution in [0.2, 0.25) is 5.02 Å². The monoisotopic (exact) mass is 491 g/mol. The van der Waals surface area contributed by atoms with Gasteiger partial charge in [0.25, 0.3) is 5.91 Å². The van der Waals surface area contributed by atoms with Crippen molar-refractivity contribution in [2.45, 2.75) is 18.7 Å². The third-order valence-electron chi connectivity index (χ3n) is 6.09. The minimum Gasteiger partial charge on any atom is -0.324 e. The van der Waals surface area contributed by atoms with E-state index in [1.807, 2.05) is 56.3 Å². The van der Waals surface area contributed by atoms with Crippen LogP contribution >= 0.6 is 23.4 Å². The number of carbonyl (C=O) groups is 3. The third kappa shape index (κ3) is 3.56. The zero-order valence-electron chi connectivity index (χ0n) is 18.7. The summed E-state index contributed by atoms with van der Waals surface area (Å²) in [7, 11) is 0. The van der Waals surface area contributed by atoms with Crippen LogP contribution in [0.4, 0.5) is 17.1 Å². The topological polar surface area (TPSA) is 69.7 Å². The average molecular weight is 492 g/mol. The molecule has 5 rings (SSSR count). The van der Waals surface area contributed by atoms with Crippen molar-refractivity contribution in [3.05, 3.63) is 88.4 Å². The summed E-state index contributed by atoms with van der Waals surface area (Å²) < 4.78 is 0.